The topological polar surface area (TPSA) is 58.1 Å². The van der Waals surface area contributed by atoms with Gasteiger partial charge < -0.3 is 10.2 Å². The van der Waals surface area contributed by atoms with Gasteiger partial charge in [-0.15, -0.1) is 0 Å². The number of para-hydroxylation sites is 1. The van der Waals surface area contributed by atoms with E-state index in [1.54, 1.807) is 18.0 Å². The van der Waals surface area contributed by atoms with E-state index in [0.29, 0.717) is 11.6 Å². The summed E-state index contributed by atoms with van der Waals surface area (Å²) < 4.78 is 0. The first-order valence-corrected chi connectivity index (χ1v) is 7.23. The minimum absolute atomic E-state index is 0.159. The van der Waals surface area contributed by atoms with E-state index < -0.39 is 0 Å². The Morgan fingerprint density at radius 3 is 2.36 bits per heavy atom. The second-order valence-electron chi connectivity index (χ2n) is 6.29. The molecule has 0 saturated heterocycles. The third-order valence-corrected chi connectivity index (χ3v) is 3.01. The van der Waals surface area contributed by atoms with E-state index in [2.05, 4.69) is 15.3 Å². The summed E-state index contributed by atoms with van der Waals surface area (Å²) in [4.78, 5) is 22.9. The van der Waals surface area contributed by atoms with Gasteiger partial charge in [-0.2, -0.15) is 0 Å². The van der Waals surface area contributed by atoms with Crippen molar-refractivity contribution in [1.29, 1.82) is 0 Å². The number of aryl methyl sites for hydroxylation is 1. The van der Waals surface area contributed by atoms with Crippen molar-refractivity contribution in [2.45, 2.75) is 33.2 Å². The standard InChI is InChI=1S/C17H22N4O/c1-12-11-14(19-16(18-12)20-17(2,3)4)15(22)21(5)13-9-7-6-8-10-13/h6-11H,1-5H3,(H,18,19,20). The third-order valence-electron chi connectivity index (χ3n) is 3.01. The summed E-state index contributed by atoms with van der Waals surface area (Å²) in [6.45, 7) is 7.93. The molecule has 2 aromatic rings. The highest BCUT2D eigenvalue weighted by Crippen LogP contribution is 2.16. The zero-order chi connectivity index (χ0) is 16.3. The number of hydrogen-bond acceptors (Lipinski definition) is 4. The Bertz CT molecular complexity index is 662. The number of nitrogens with zero attached hydrogens (tertiary/aromatic N) is 3. The predicted octanol–water partition coefficient (Wildman–Crippen LogP) is 3.27. The van der Waals surface area contributed by atoms with Gasteiger partial charge in [-0.25, -0.2) is 9.97 Å². The maximum atomic E-state index is 12.6. The Balaban J connectivity index is 2.30. The van der Waals surface area contributed by atoms with Crippen molar-refractivity contribution >= 4 is 17.5 Å². The first kappa shape index (κ1) is 15.9. The number of benzene rings is 1. The van der Waals surface area contributed by atoms with Crippen molar-refractivity contribution < 1.29 is 4.79 Å². The molecule has 1 aromatic carbocycles. The molecule has 116 valence electrons. The van der Waals surface area contributed by atoms with Crippen LogP contribution in [0.25, 0.3) is 0 Å². The van der Waals surface area contributed by atoms with Crippen LogP contribution >= 0.6 is 0 Å². The average molecular weight is 298 g/mol. The number of aromatic nitrogens is 2. The largest absolute Gasteiger partial charge is 0.350 e. The molecule has 22 heavy (non-hydrogen) atoms. The number of amides is 1. The van der Waals surface area contributed by atoms with Crippen molar-refractivity contribution in [2.75, 3.05) is 17.3 Å². The molecule has 0 spiro atoms. The van der Waals surface area contributed by atoms with E-state index in [4.69, 9.17) is 0 Å². The normalized spacial score (nSPS) is 11.1. The second kappa shape index (κ2) is 6.13. The van der Waals surface area contributed by atoms with Crippen molar-refractivity contribution in [3.63, 3.8) is 0 Å². The minimum atomic E-state index is -0.167. The summed E-state index contributed by atoms with van der Waals surface area (Å²) >= 11 is 0. The van der Waals surface area contributed by atoms with Crippen LogP contribution in [0.4, 0.5) is 11.6 Å². The molecule has 0 bridgehead atoms. The molecular weight excluding hydrogens is 276 g/mol. The molecule has 0 radical (unpaired) electrons. The Kier molecular flexibility index (Phi) is 4.45. The van der Waals surface area contributed by atoms with Gasteiger partial charge in [-0.1, -0.05) is 18.2 Å². The fourth-order valence-corrected chi connectivity index (χ4v) is 2.01. The molecule has 0 unspecified atom stereocenters. The third kappa shape index (κ3) is 4.04. The number of carbonyl (C=O) groups excluding carboxylic acids is 1. The van der Waals surface area contributed by atoms with Gasteiger partial charge >= 0.3 is 0 Å². The van der Waals surface area contributed by atoms with Gasteiger partial charge in [-0.3, -0.25) is 4.79 Å². The summed E-state index contributed by atoms with van der Waals surface area (Å²) in [7, 11) is 1.74. The van der Waals surface area contributed by atoms with Crippen LogP contribution < -0.4 is 10.2 Å². The van der Waals surface area contributed by atoms with Gasteiger partial charge in [0.15, 0.2) is 0 Å². The lowest BCUT2D eigenvalue weighted by Crippen LogP contribution is -2.30. The number of nitrogens with one attached hydrogen (secondary N) is 1. The summed E-state index contributed by atoms with van der Waals surface area (Å²) in [5.74, 6) is 0.311. The lowest BCUT2D eigenvalue weighted by Gasteiger charge is -2.22. The van der Waals surface area contributed by atoms with E-state index in [0.717, 1.165) is 11.4 Å². The molecule has 0 atom stereocenters. The van der Waals surface area contributed by atoms with Crippen LogP contribution in [-0.4, -0.2) is 28.5 Å². The van der Waals surface area contributed by atoms with E-state index in [1.165, 1.54) is 0 Å². The summed E-state index contributed by atoms with van der Waals surface area (Å²) in [6, 6.07) is 11.2. The van der Waals surface area contributed by atoms with E-state index in [9.17, 15) is 4.79 Å². The summed E-state index contributed by atoms with van der Waals surface area (Å²) in [5, 5.41) is 3.20. The Hall–Kier alpha value is -2.43. The van der Waals surface area contributed by atoms with Gasteiger partial charge in [-0.05, 0) is 45.9 Å². The molecule has 0 fully saturated rings. The smallest absolute Gasteiger partial charge is 0.276 e. The second-order valence-corrected chi connectivity index (χ2v) is 6.29. The predicted molar refractivity (Wildman–Crippen MR) is 89.3 cm³/mol. The first-order valence-electron chi connectivity index (χ1n) is 7.23. The van der Waals surface area contributed by atoms with Gasteiger partial charge in [0.2, 0.25) is 5.95 Å². The molecule has 5 heteroatoms. The average Bonchev–Trinajstić information content (AvgIpc) is 2.44. The summed E-state index contributed by atoms with van der Waals surface area (Å²) in [5.41, 5.74) is 1.80. The Morgan fingerprint density at radius 2 is 1.77 bits per heavy atom. The number of carbonyl (C=O) groups is 1. The van der Waals surface area contributed by atoms with Crippen LogP contribution in [0, 0.1) is 6.92 Å². The highest BCUT2D eigenvalue weighted by molar-refractivity contribution is 6.04. The maximum absolute atomic E-state index is 12.6. The molecule has 0 aliphatic carbocycles. The number of anilines is 2. The van der Waals surface area contributed by atoms with Gasteiger partial charge in [0.25, 0.3) is 5.91 Å². The molecular formula is C17H22N4O. The highest BCUT2D eigenvalue weighted by Gasteiger charge is 2.18. The molecule has 1 aromatic heterocycles. The molecule has 1 N–H and O–H groups in total. The van der Waals surface area contributed by atoms with Gasteiger partial charge in [0, 0.05) is 24.0 Å². The monoisotopic (exact) mass is 298 g/mol. The van der Waals surface area contributed by atoms with Crippen molar-refractivity contribution in [2.24, 2.45) is 0 Å². The highest BCUT2D eigenvalue weighted by atomic mass is 16.2. The van der Waals surface area contributed by atoms with Crippen LogP contribution in [0.1, 0.15) is 37.0 Å². The molecule has 0 aliphatic rings. The molecule has 0 aliphatic heterocycles. The van der Waals surface area contributed by atoms with Crippen LogP contribution in [-0.2, 0) is 0 Å². The number of rotatable bonds is 3. The van der Waals surface area contributed by atoms with E-state index >= 15 is 0 Å². The fraction of sp³-hybridized carbons (Fsp3) is 0.353. The van der Waals surface area contributed by atoms with Crippen LogP contribution in [0.15, 0.2) is 36.4 Å². The van der Waals surface area contributed by atoms with Crippen molar-refractivity contribution in [3.8, 4) is 0 Å². The van der Waals surface area contributed by atoms with Gasteiger partial charge in [0.05, 0.1) is 0 Å². The zero-order valence-corrected chi connectivity index (χ0v) is 13.7. The van der Waals surface area contributed by atoms with Crippen LogP contribution in [0.5, 0.6) is 0 Å². The SMILES string of the molecule is Cc1cc(C(=O)N(C)c2ccccc2)nc(NC(C)(C)C)n1. The van der Waals surface area contributed by atoms with Crippen LogP contribution in [0.3, 0.4) is 0 Å². The van der Waals surface area contributed by atoms with Crippen molar-refractivity contribution in [1.82, 2.24) is 9.97 Å². The summed E-state index contributed by atoms with van der Waals surface area (Å²) in [6.07, 6.45) is 0. The first-order chi connectivity index (χ1) is 10.3. The molecule has 1 amide bonds. The molecule has 1 heterocycles. The molecule has 2 rings (SSSR count). The quantitative estimate of drug-likeness (QED) is 0.945. The Morgan fingerprint density at radius 1 is 1.14 bits per heavy atom. The lowest BCUT2D eigenvalue weighted by molar-refractivity contribution is 0.0988. The maximum Gasteiger partial charge on any atom is 0.276 e. The molecule has 5 nitrogen and oxygen atoms in total. The minimum Gasteiger partial charge on any atom is -0.350 e. The van der Waals surface area contributed by atoms with E-state index in [-0.39, 0.29) is 11.4 Å². The lowest BCUT2D eigenvalue weighted by atomic mass is 10.1. The van der Waals surface area contributed by atoms with Gasteiger partial charge in [0.1, 0.15) is 5.69 Å². The van der Waals surface area contributed by atoms with Crippen LogP contribution in [0.2, 0.25) is 0 Å². The number of hydrogen-bond donors (Lipinski definition) is 1. The molecule has 0 saturated carbocycles. The Labute approximate surface area is 131 Å². The van der Waals surface area contributed by atoms with Crippen molar-refractivity contribution in [3.05, 3.63) is 47.8 Å². The zero-order valence-electron chi connectivity index (χ0n) is 13.7. The van der Waals surface area contributed by atoms with E-state index in [1.807, 2.05) is 58.0 Å². The fourth-order valence-electron chi connectivity index (χ4n) is 2.01.